The molecule has 1 aromatic carbocycles. The molecule has 1 N–H and O–H groups in total. The second kappa shape index (κ2) is 3.19. The van der Waals surface area contributed by atoms with Crippen molar-refractivity contribution in [1.29, 1.82) is 0 Å². The second-order valence-electron chi connectivity index (χ2n) is 2.60. The van der Waals surface area contributed by atoms with Gasteiger partial charge in [-0.1, -0.05) is 19.1 Å². The number of benzene rings is 1. The van der Waals surface area contributed by atoms with Crippen molar-refractivity contribution in [2.45, 2.75) is 18.2 Å². The first-order chi connectivity index (χ1) is 5.90. The maximum absolute atomic E-state index is 4.31. The maximum Gasteiger partial charge on any atom is 0.114 e. The van der Waals surface area contributed by atoms with Crippen LogP contribution in [0.25, 0.3) is 0 Å². The fourth-order valence-electron chi connectivity index (χ4n) is 1.08. The summed E-state index contributed by atoms with van der Waals surface area (Å²) >= 11 is 1.55. The lowest BCUT2D eigenvalue weighted by Crippen LogP contribution is -2.12. The van der Waals surface area contributed by atoms with E-state index in [1.807, 2.05) is 12.1 Å². The molecule has 2 rings (SSSR count). The molecule has 0 amide bonds. The minimum absolute atomic E-state index is 0.960. The zero-order valence-electron chi connectivity index (χ0n) is 6.87. The first-order valence-corrected chi connectivity index (χ1v) is 4.77. The molecule has 1 aliphatic heterocycles. The highest BCUT2D eigenvalue weighted by molar-refractivity contribution is 7.98. The Hall–Kier alpha value is -0.960. The molecule has 0 fully saturated rings. The van der Waals surface area contributed by atoms with E-state index in [-0.39, 0.29) is 0 Å². The van der Waals surface area contributed by atoms with Crippen LogP contribution >= 0.6 is 11.9 Å². The van der Waals surface area contributed by atoms with E-state index < -0.39 is 0 Å². The van der Waals surface area contributed by atoms with Gasteiger partial charge in [0.1, 0.15) is 5.84 Å². The molecule has 1 aliphatic rings. The Morgan fingerprint density at radius 3 is 3.08 bits per heavy atom. The first-order valence-electron chi connectivity index (χ1n) is 4.00. The van der Waals surface area contributed by atoms with Gasteiger partial charge in [0.25, 0.3) is 0 Å². The Labute approximate surface area is 76.2 Å². The third kappa shape index (κ3) is 1.32. The molecule has 0 aromatic heterocycles. The quantitative estimate of drug-likeness (QED) is 0.669. The Morgan fingerprint density at radius 2 is 2.25 bits per heavy atom. The smallest absolute Gasteiger partial charge is 0.114 e. The average Bonchev–Trinajstić information content (AvgIpc) is 2.17. The summed E-state index contributed by atoms with van der Waals surface area (Å²) in [5.74, 6) is 1.05. The Kier molecular flexibility index (Phi) is 2.04. The highest BCUT2D eigenvalue weighted by Crippen LogP contribution is 2.31. The molecule has 62 valence electrons. The number of nitrogens with one attached hydrogen (secondary N) is 1. The average molecular weight is 178 g/mol. The van der Waals surface area contributed by atoms with Gasteiger partial charge in [-0.25, -0.2) is 0 Å². The van der Waals surface area contributed by atoms with Crippen molar-refractivity contribution in [2.75, 3.05) is 5.32 Å². The van der Waals surface area contributed by atoms with Crippen LogP contribution in [0.3, 0.4) is 0 Å². The van der Waals surface area contributed by atoms with Gasteiger partial charge in [0.2, 0.25) is 0 Å². The van der Waals surface area contributed by atoms with Crippen LogP contribution in [0.15, 0.2) is 33.6 Å². The van der Waals surface area contributed by atoms with Crippen LogP contribution in [-0.2, 0) is 0 Å². The van der Waals surface area contributed by atoms with Crippen LogP contribution in [0.2, 0.25) is 0 Å². The minimum atomic E-state index is 0.960. The number of hydrogen-bond acceptors (Lipinski definition) is 3. The summed E-state index contributed by atoms with van der Waals surface area (Å²) in [6.07, 6.45) is 0.960. The molecule has 0 saturated heterocycles. The van der Waals surface area contributed by atoms with Gasteiger partial charge in [-0.15, -0.1) is 0 Å². The van der Waals surface area contributed by atoms with Gasteiger partial charge in [-0.05, 0) is 12.1 Å². The van der Waals surface area contributed by atoms with Gasteiger partial charge in [0, 0.05) is 18.4 Å². The molecular weight excluding hydrogens is 168 g/mol. The number of hydrogen-bond donors (Lipinski definition) is 1. The molecule has 12 heavy (non-hydrogen) atoms. The molecule has 0 atom stereocenters. The number of para-hydroxylation sites is 1. The molecule has 0 bridgehead atoms. The summed E-state index contributed by atoms with van der Waals surface area (Å²) in [6, 6.07) is 8.21. The van der Waals surface area contributed by atoms with Crippen molar-refractivity contribution in [3.05, 3.63) is 24.3 Å². The van der Waals surface area contributed by atoms with E-state index in [2.05, 4.69) is 28.8 Å². The SMILES string of the molecule is CCC1=NSc2ccccc2N1. The summed E-state index contributed by atoms with van der Waals surface area (Å²) in [7, 11) is 0. The number of fused-ring (bicyclic) bond motifs is 1. The van der Waals surface area contributed by atoms with Crippen LogP contribution in [0, 0.1) is 0 Å². The largest absolute Gasteiger partial charge is 0.342 e. The van der Waals surface area contributed by atoms with Crippen LogP contribution in [-0.4, -0.2) is 5.84 Å². The van der Waals surface area contributed by atoms with E-state index in [1.54, 1.807) is 11.9 Å². The van der Waals surface area contributed by atoms with Gasteiger partial charge in [-0.2, -0.15) is 4.40 Å². The predicted octanol–water partition coefficient (Wildman–Crippen LogP) is 2.93. The van der Waals surface area contributed by atoms with Crippen LogP contribution in [0.5, 0.6) is 0 Å². The van der Waals surface area contributed by atoms with E-state index in [0.717, 1.165) is 12.3 Å². The van der Waals surface area contributed by atoms with E-state index in [4.69, 9.17) is 0 Å². The Balaban J connectivity index is 2.31. The monoisotopic (exact) mass is 178 g/mol. The molecule has 1 aromatic rings. The van der Waals surface area contributed by atoms with Crippen molar-refractivity contribution >= 4 is 23.5 Å². The van der Waals surface area contributed by atoms with Crippen molar-refractivity contribution in [1.82, 2.24) is 0 Å². The van der Waals surface area contributed by atoms with Crippen LogP contribution < -0.4 is 5.32 Å². The topological polar surface area (TPSA) is 24.4 Å². The zero-order chi connectivity index (χ0) is 8.39. The second-order valence-corrected chi connectivity index (χ2v) is 3.41. The summed E-state index contributed by atoms with van der Waals surface area (Å²) < 4.78 is 4.31. The zero-order valence-corrected chi connectivity index (χ0v) is 7.69. The lowest BCUT2D eigenvalue weighted by molar-refractivity contribution is 1.25. The van der Waals surface area contributed by atoms with Crippen molar-refractivity contribution < 1.29 is 0 Å². The van der Waals surface area contributed by atoms with Gasteiger partial charge >= 0.3 is 0 Å². The number of amidine groups is 1. The molecular formula is C9H10N2S. The summed E-state index contributed by atoms with van der Waals surface area (Å²) in [5, 5.41) is 3.28. The molecule has 2 nitrogen and oxygen atoms in total. The van der Waals surface area contributed by atoms with E-state index >= 15 is 0 Å². The summed E-state index contributed by atoms with van der Waals surface area (Å²) in [6.45, 7) is 2.10. The molecule has 0 aliphatic carbocycles. The van der Waals surface area contributed by atoms with Crippen LogP contribution in [0.4, 0.5) is 5.69 Å². The van der Waals surface area contributed by atoms with Gasteiger partial charge in [0.05, 0.1) is 10.6 Å². The minimum Gasteiger partial charge on any atom is -0.342 e. The maximum atomic E-state index is 4.31. The fraction of sp³-hybridized carbons (Fsp3) is 0.222. The summed E-state index contributed by atoms with van der Waals surface area (Å²) in [4.78, 5) is 1.20. The van der Waals surface area contributed by atoms with E-state index in [0.29, 0.717) is 0 Å². The standard InChI is InChI=1S/C9H10N2S/c1-2-9-10-7-5-3-4-6-8(7)12-11-9/h3-6H,2H2,1H3,(H,10,11). The first kappa shape index (κ1) is 7.68. The normalized spacial score (nSPS) is 14.6. The molecule has 3 heteroatoms. The highest BCUT2D eigenvalue weighted by Gasteiger charge is 2.09. The predicted molar refractivity (Wildman–Crippen MR) is 53.6 cm³/mol. The molecule has 0 radical (unpaired) electrons. The van der Waals surface area contributed by atoms with Crippen LogP contribution in [0.1, 0.15) is 13.3 Å². The van der Waals surface area contributed by atoms with E-state index in [1.165, 1.54) is 10.6 Å². The summed E-state index contributed by atoms with van der Waals surface area (Å²) in [5.41, 5.74) is 1.18. The van der Waals surface area contributed by atoms with E-state index in [9.17, 15) is 0 Å². The van der Waals surface area contributed by atoms with Crippen molar-refractivity contribution in [3.8, 4) is 0 Å². The number of anilines is 1. The Morgan fingerprint density at radius 1 is 1.42 bits per heavy atom. The molecule has 0 spiro atoms. The van der Waals surface area contributed by atoms with Gasteiger partial charge in [0.15, 0.2) is 0 Å². The third-order valence-electron chi connectivity index (χ3n) is 1.76. The third-order valence-corrected chi connectivity index (χ3v) is 2.62. The Bertz CT molecular complexity index is 320. The van der Waals surface area contributed by atoms with Gasteiger partial charge in [-0.3, -0.25) is 0 Å². The molecule has 0 saturated carbocycles. The van der Waals surface area contributed by atoms with Crippen molar-refractivity contribution in [2.24, 2.45) is 4.40 Å². The van der Waals surface area contributed by atoms with Crippen molar-refractivity contribution in [3.63, 3.8) is 0 Å². The number of rotatable bonds is 1. The fourth-order valence-corrected chi connectivity index (χ4v) is 1.83. The lowest BCUT2D eigenvalue weighted by atomic mass is 10.3. The lowest BCUT2D eigenvalue weighted by Gasteiger charge is -2.15. The molecule has 0 unspecified atom stereocenters. The van der Waals surface area contributed by atoms with Gasteiger partial charge < -0.3 is 5.32 Å². The highest BCUT2D eigenvalue weighted by atomic mass is 32.2. The molecule has 1 heterocycles. The number of nitrogens with zero attached hydrogens (tertiary/aromatic N) is 1.